The number of benzene rings is 3. The Bertz CT molecular complexity index is 1580. The minimum absolute atomic E-state index is 0.0504. The normalized spacial score (nSPS) is 12.4. The standard InChI is InChI=1S/C23H20N2O12S2/c26-23(36-17-9-2-1-3-10-17)20(37-39(33,34)22-15-7-5-12-19(22)25(29)30)13-8-16-35-38(31,32)21-14-6-4-11-18(21)24(27)28/h1-7,9-12,14-15,20H,8,13,16H2. The molecular formula is C23H20N2O12S2. The van der Waals surface area contributed by atoms with Crippen molar-refractivity contribution in [3.8, 4) is 5.75 Å². The molecule has 0 amide bonds. The number of para-hydroxylation sites is 3. The molecule has 1 unspecified atom stereocenters. The second-order valence-electron chi connectivity index (χ2n) is 7.64. The Hall–Kier alpha value is -4.25. The van der Waals surface area contributed by atoms with E-state index in [-0.39, 0.29) is 12.2 Å². The third-order valence-corrected chi connectivity index (χ3v) is 7.71. The van der Waals surface area contributed by atoms with Crippen molar-refractivity contribution in [3.63, 3.8) is 0 Å². The maximum Gasteiger partial charge on any atom is 0.342 e. The van der Waals surface area contributed by atoms with Gasteiger partial charge in [-0.05, 0) is 37.1 Å². The van der Waals surface area contributed by atoms with Gasteiger partial charge in [-0.15, -0.1) is 0 Å². The summed E-state index contributed by atoms with van der Waals surface area (Å²) >= 11 is 0. The van der Waals surface area contributed by atoms with E-state index in [2.05, 4.69) is 0 Å². The largest absolute Gasteiger partial charge is 0.425 e. The van der Waals surface area contributed by atoms with E-state index in [1.807, 2.05) is 0 Å². The molecule has 0 radical (unpaired) electrons. The van der Waals surface area contributed by atoms with Crippen molar-refractivity contribution in [2.45, 2.75) is 28.7 Å². The van der Waals surface area contributed by atoms with Crippen LogP contribution >= 0.6 is 0 Å². The van der Waals surface area contributed by atoms with Crippen molar-refractivity contribution >= 4 is 37.6 Å². The summed E-state index contributed by atoms with van der Waals surface area (Å²) in [4.78, 5) is 31.9. The monoisotopic (exact) mass is 580 g/mol. The third-order valence-electron chi connectivity index (χ3n) is 4.98. The van der Waals surface area contributed by atoms with Crippen molar-refractivity contribution < 1.29 is 44.6 Å². The van der Waals surface area contributed by atoms with Gasteiger partial charge >= 0.3 is 26.2 Å². The van der Waals surface area contributed by atoms with Crippen molar-refractivity contribution in [2.24, 2.45) is 0 Å². The van der Waals surface area contributed by atoms with E-state index in [9.17, 15) is 41.9 Å². The number of nitro benzene ring substituents is 2. The highest BCUT2D eigenvalue weighted by atomic mass is 32.2. The van der Waals surface area contributed by atoms with Gasteiger partial charge in [0.2, 0.25) is 0 Å². The Balaban J connectivity index is 1.78. The van der Waals surface area contributed by atoms with Crippen LogP contribution in [0.1, 0.15) is 12.8 Å². The zero-order chi connectivity index (χ0) is 28.6. The van der Waals surface area contributed by atoms with Crippen LogP contribution in [0.25, 0.3) is 0 Å². The number of hydrogen-bond donors (Lipinski definition) is 0. The Morgan fingerprint density at radius 3 is 1.77 bits per heavy atom. The van der Waals surface area contributed by atoms with E-state index in [4.69, 9.17) is 13.1 Å². The number of carbonyl (C=O) groups excluding carboxylic acids is 1. The van der Waals surface area contributed by atoms with E-state index in [1.54, 1.807) is 18.2 Å². The first kappa shape index (κ1) is 29.3. The smallest absolute Gasteiger partial charge is 0.342 e. The first-order valence-corrected chi connectivity index (χ1v) is 13.8. The van der Waals surface area contributed by atoms with Crippen LogP contribution in [0.2, 0.25) is 0 Å². The molecule has 206 valence electrons. The van der Waals surface area contributed by atoms with Crippen LogP contribution < -0.4 is 4.74 Å². The van der Waals surface area contributed by atoms with Gasteiger partial charge in [0.15, 0.2) is 15.9 Å². The molecule has 1 atom stereocenters. The van der Waals surface area contributed by atoms with Gasteiger partial charge in [-0.2, -0.15) is 16.8 Å². The van der Waals surface area contributed by atoms with Gasteiger partial charge in [0, 0.05) is 12.1 Å². The molecule has 39 heavy (non-hydrogen) atoms. The maximum absolute atomic E-state index is 12.9. The predicted octanol–water partition coefficient (Wildman–Crippen LogP) is 3.37. The summed E-state index contributed by atoms with van der Waals surface area (Å²) in [7, 11) is -9.46. The fourth-order valence-corrected chi connectivity index (χ4v) is 5.56. The average Bonchev–Trinajstić information content (AvgIpc) is 2.90. The number of rotatable bonds is 13. The van der Waals surface area contributed by atoms with Crippen LogP contribution in [-0.2, 0) is 33.4 Å². The third kappa shape index (κ3) is 7.64. The topological polar surface area (TPSA) is 199 Å². The van der Waals surface area contributed by atoms with E-state index in [0.717, 1.165) is 24.3 Å². The number of carbonyl (C=O) groups is 1. The fourth-order valence-electron chi connectivity index (χ4n) is 3.22. The molecule has 0 aliphatic rings. The predicted molar refractivity (Wildman–Crippen MR) is 133 cm³/mol. The van der Waals surface area contributed by atoms with Gasteiger partial charge in [-0.25, -0.2) is 4.79 Å². The number of ether oxygens (including phenoxy) is 1. The van der Waals surface area contributed by atoms with Crippen LogP contribution in [0.5, 0.6) is 5.75 Å². The molecule has 0 aliphatic heterocycles. The van der Waals surface area contributed by atoms with Crippen molar-refractivity contribution in [1.82, 2.24) is 0 Å². The van der Waals surface area contributed by atoms with Gasteiger partial charge < -0.3 is 4.74 Å². The Morgan fingerprint density at radius 2 is 1.23 bits per heavy atom. The van der Waals surface area contributed by atoms with Gasteiger partial charge in [0.05, 0.1) is 16.5 Å². The van der Waals surface area contributed by atoms with Crippen molar-refractivity contribution in [1.29, 1.82) is 0 Å². The number of nitro groups is 2. The molecule has 0 fully saturated rings. The first-order valence-electron chi connectivity index (χ1n) is 11.0. The second kappa shape index (κ2) is 12.5. The molecule has 0 spiro atoms. The Kier molecular flexibility index (Phi) is 9.42. The minimum Gasteiger partial charge on any atom is -0.425 e. The molecule has 3 aromatic carbocycles. The van der Waals surface area contributed by atoms with Crippen molar-refractivity contribution in [3.05, 3.63) is 99.1 Å². The lowest BCUT2D eigenvalue weighted by atomic mass is 10.2. The van der Waals surface area contributed by atoms with E-state index in [0.29, 0.717) is 0 Å². The molecule has 0 heterocycles. The lowest BCUT2D eigenvalue weighted by molar-refractivity contribution is -0.388. The maximum atomic E-state index is 12.9. The van der Waals surface area contributed by atoms with E-state index >= 15 is 0 Å². The molecule has 0 aromatic heterocycles. The molecule has 3 rings (SSSR count). The van der Waals surface area contributed by atoms with Crippen LogP contribution in [0.3, 0.4) is 0 Å². The highest BCUT2D eigenvalue weighted by molar-refractivity contribution is 7.87. The van der Waals surface area contributed by atoms with Gasteiger partial charge in [0.1, 0.15) is 5.75 Å². The van der Waals surface area contributed by atoms with Gasteiger partial charge in [0.25, 0.3) is 11.4 Å². The summed E-state index contributed by atoms with van der Waals surface area (Å²) in [5.74, 6) is -1.13. The van der Waals surface area contributed by atoms with Crippen molar-refractivity contribution in [2.75, 3.05) is 6.61 Å². The number of hydrogen-bond acceptors (Lipinski definition) is 12. The minimum atomic E-state index is -4.87. The molecule has 0 aliphatic carbocycles. The molecule has 0 bridgehead atoms. The first-order chi connectivity index (χ1) is 18.4. The fraction of sp³-hybridized carbons (Fsp3) is 0.174. The lowest BCUT2D eigenvalue weighted by Crippen LogP contribution is -2.32. The summed E-state index contributed by atoms with van der Waals surface area (Å²) in [6, 6.07) is 16.4. The summed E-state index contributed by atoms with van der Waals surface area (Å²) in [6.07, 6.45) is -2.61. The molecule has 0 N–H and O–H groups in total. The second-order valence-corrected chi connectivity index (χ2v) is 10.8. The molecule has 0 saturated heterocycles. The lowest BCUT2D eigenvalue weighted by Gasteiger charge is -2.16. The highest BCUT2D eigenvalue weighted by Crippen LogP contribution is 2.28. The van der Waals surface area contributed by atoms with Crippen LogP contribution in [0.15, 0.2) is 88.7 Å². The summed E-state index contributed by atoms with van der Waals surface area (Å²) in [5, 5.41) is 22.4. The highest BCUT2D eigenvalue weighted by Gasteiger charge is 2.33. The van der Waals surface area contributed by atoms with Gasteiger partial charge in [-0.3, -0.25) is 28.6 Å². The molecule has 16 heteroatoms. The molecule has 3 aromatic rings. The van der Waals surface area contributed by atoms with Crippen LogP contribution in [0.4, 0.5) is 11.4 Å². The van der Waals surface area contributed by atoms with Gasteiger partial charge in [-0.1, -0.05) is 42.5 Å². The van der Waals surface area contributed by atoms with Crippen LogP contribution in [0, 0.1) is 20.2 Å². The molecule has 0 saturated carbocycles. The van der Waals surface area contributed by atoms with Crippen LogP contribution in [-0.4, -0.2) is 45.4 Å². The SMILES string of the molecule is O=C(Oc1ccccc1)C(CCCOS(=O)(=O)c1ccccc1[N+](=O)[O-])OS(=O)(=O)c1ccccc1[N+](=O)[O-]. The number of nitrogens with zero attached hydrogens (tertiary/aromatic N) is 2. The Morgan fingerprint density at radius 1 is 0.744 bits per heavy atom. The summed E-state index contributed by atoms with van der Waals surface area (Å²) in [6.45, 7) is -0.613. The zero-order valence-corrected chi connectivity index (χ0v) is 21.4. The quantitative estimate of drug-likeness (QED) is 0.0714. The molecule has 14 nitrogen and oxygen atoms in total. The zero-order valence-electron chi connectivity index (χ0n) is 19.8. The number of esters is 1. The summed E-state index contributed by atoms with van der Waals surface area (Å²) in [5.41, 5.74) is -1.49. The molecular weight excluding hydrogens is 560 g/mol. The summed E-state index contributed by atoms with van der Waals surface area (Å²) < 4.78 is 65.7. The van der Waals surface area contributed by atoms with E-state index in [1.165, 1.54) is 36.4 Å². The average molecular weight is 581 g/mol. The Labute approximate surface area is 222 Å². The van der Waals surface area contributed by atoms with E-state index < -0.39 is 76.3 Å².